The summed E-state index contributed by atoms with van der Waals surface area (Å²) in [4.78, 5) is 0. The van der Waals surface area contributed by atoms with Crippen LogP contribution in [0.25, 0.3) is 0 Å². The van der Waals surface area contributed by atoms with Crippen LogP contribution in [0.3, 0.4) is 0 Å². The first-order valence-electron chi connectivity index (χ1n) is 6.48. The van der Waals surface area contributed by atoms with Crippen molar-refractivity contribution in [2.75, 3.05) is 30.2 Å². The Balaban J connectivity index is 2.50. The SMILES string of the molecule is CC(C)OCCS(=O)(=O)Nc1ccc(OCCN)cc1. The van der Waals surface area contributed by atoms with Crippen LogP contribution in [0.5, 0.6) is 5.75 Å². The van der Waals surface area contributed by atoms with Crippen LogP contribution in [0.2, 0.25) is 0 Å². The molecule has 0 aliphatic rings. The van der Waals surface area contributed by atoms with Gasteiger partial charge in [-0.3, -0.25) is 4.72 Å². The number of anilines is 1. The van der Waals surface area contributed by atoms with Crippen molar-refractivity contribution < 1.29 is 17.9 Å². The summed E-state index contributed by atoms with van der Waals surface area (Å²) in [5.41, 5.74) is 5.82. The number of sulfonamides is 1. The third-order valence-electron chi connectivity index (χ3n) is 2.32. The molecule has 0 unspecified atom stereocenters. The maximum atomic E-state index is 11.8. The monoisotopic (exact) mass is 302 g/mol. The van der Waals surface area contributed by atoms with Gasteiger partial charge in [0.1, 0.15) is 12.4 Å². The smallest absolute Gasteiger partial charge is 0.234 e. The quantitative estimate of drug-likeness (QED) is 0.715. The molecule has 0 aromatic heterocycles. The number of hydrogen-bond donors (Lipinski definition) is 2. The van der Waals surface area contributed by atoms with Crippen LogP contribution in [-0.2, 0) is 14.8 Å². The van der Waals surface area contributed by atoms with Crippen molar-refractivity contribution in [3.63, 3.8) is 0 Å². The summed E-state index contributed by atoms with van der Waals surface area (Å²) in [5, 5.41) is 0. The van der Waals surface area contributed by atoms with Gasteiger partial charge in [-0.25, -0.2) is 8.42 Å². The Bertz CT molecular complexity index is 486. The predicted octanol–water partition coefficient (Wildman–Crippen LogP) is 1.19. The molecule has 1 aromatic rings. The Morgan fingerprint density at radius 2 is 1.85 bits per heavy atom. The van der Waals surface area contributed by atoms with E-state index in [0.717, 1.165) is 0 Å². The van der Waals surface area contributed by atoms with Gasteiger partial charge in [-0.15, -0.1) is 0 Å². The molecule has 20 heavy (non-hydrogen) atoms. The van der Waals surface area contributed by atoms with Gasteiger partial charge in [0, 0.05) is 12.2 Å². The lowest BCUT2D eigenvalue weighted by Crippen LogP contribution is -2.21. The third-order valence-corrected chi connectivity index (χ3v) is 3.57. The lowest BCUT2D eigenvalue weighted by atomic mass is 10.3. The molecule has 0 fully saturated rings. The molecule has 0 heterocycles. The number of benzene rings is 1. The summed E-state index contributed by atoms with van der Waals surface area (Å²) in [5.74, 6) is 0.581. The van der Waals surface area contributed by atoms with E-state index in [1.54, 1.807) is 24.3 Å². The minimum Gasteiger partial charge on any atom is -0.492 e. The molecule has 3 N–H and O–H groups in total. The summed E-state index contributed by atoms with van der Waals surface area (Å²) in [6.45, 7) is 4.76. The Morgan fingerprint density at radius 1 is 1.20 bits per heavy atom. The zero-order chi connectivity index (χ0) is 15.0. The fraction of sp³-hybridized carbons (Fsp3) is 0.538. The highest BCUT2D eigenvalue weighted by Crippen LogP contribution is 2.16. The zero-order valence-corrected chi connectivity index (χ0v) is 12.7. The highest BCUT2D eigenvalue weighted by Gasteiger charge is 2.10. The van der Waals surface area contributed by atoms with Gasteiger partial charge in [-0.1, -0.05) is 0 Å². The largest absolute Gasteiger partial charge is 0.492 e. The second kappa shape index (κ2) is 8.08. The maximum absolute atomic E-state index is 11.8. The number of ether oxygens (including phenoxy) is 2. The maximum Gasteiger partial charge on any atom is 0.234 e. The number of hydrogen-bond acceptors (Lipinski definition) is 5. The van der Waals surface area contributed by atoms with Crippen molar-refractivity contribution in [2.24, 2.45) is 5.73 Å². The standard InChI is InChI=1S/C13H22N2O4S/c1-11(2)18-9-10-20(16,17)15-12-3-5-13(6-4-12)19-8-7-14/h3-6,11,15H,7-10,14H2,1-2H3. The molecule has 0 radical (unpaired) electrons. The molecular formula is C13H22N2O4S. The first-order valence-corrected chi connectivity index (χ1v) is 8.13. The van der Waals surface area contributed by atoms with Crippen molar-refractivity contribution in [1.82, 2.24) is 0 Å². The topological polar surface area (TPSA) is 90.7 Å². The average Bonchev–Trinajstić information content (AvgIpc) is 2.37. The van der Waals surface area contributed by atoms with E-state index in [2.05, 4.69) is 4.72 Å². The van der Waals surface area contributed by atoms with Gasteiger partial charge in [0.25, 0.3) is 0 Å². The van der Waals surface area contributed by atoms with Crippen molar-refractivity contribution in [3.8, 4) is 5.75 Å². The molecule has 0 bridgehead atoms. The first-order chi connectivity index (χ1) is 9.43. The fourth-order valence-corrected chi connectivity index (χ4v) is 2.33. The first kappa shape index (κ1) is 16.7. The van der Waals surface area contributed by atoms with Crippen LogP contribution >= 0.6 is 0 Å². The molecule has 0 aliphatic carbocycles. The van der Waals surface area contributed by atoms with Crippen LogP contribution in [0.1, 0.15) is 13.8 Å². The van der Waals surface area contributed by atoms with Crippen LogP contribution in [0, 0.1) is 0 Å². The van der Waals surface area contributed by atoms with Crippen LogP contribution in [-0.4, -0.2) is 40.0 Å². The number of nitrogens with two attached hydrogens (primary N) is 1. The molecule has 0 spiro atoms. The van der Waals surface area contributed by atoms with E-state index < -0.39 is 10.0 Å². The Labute approximate surface area is 120 Å². The summed E-state index contributed by atoms with van der Waals surface area (Å²) < 4.78 is 36.6. The Morgan fingerprint density at radius 3 is 2.40 bits per heavy atom. The molecule has 0 aliphatic heterocycles. The van der Waals surface area contributed by atoms with E-state index in [4.69, 9.17) is 15.2 Å². The van der Waals surface area contributed by atoms with Gasteiger partial charge < -0.3 is 15.2 Å². The van der Waals surface area contributed by atoms with Crippen LogP contribution in [0.15, 0.2) is 24.3 Å². The highest BCUT2D eigenvalue weighted by molar-refractivity contribution is 7.92. The number of nitrogens with one attached hydrogen (secondary N) is 1. The Hall–Kier alpha value is -1.31. The van der Waals surface area contributed by atoms with Gasteiger partial charge >= 0.3 is 0 Å². The fourth-order valence-electron chi connectivity index (χ4n) is 1.42. The molecule has 114 valence electrons. The van der Waals surface area contributed by atoms with Crippen LogP contribution in [0.4, 0.5) is 5.69 Å². The minimum atomic E-state index is -3.40. The van der Waals surface area contributed by atoms with Gasteiger partial charge in [0.15, 0.2) is 0 Å². The predicted molar refractivity (Wildman–Crippen MR) is 79.5 cm³/mol. The number of rotatable bonds is 9. The van der Waals surface area contributed by atoms with Crippen LogP contribution < -0.4 is 15.2 Å². The lowest BCUT2D eigenvalue weighted by molar-refractivity contribution is 0.0913. The van der Waals surface area contributed by atoms with Crippen molar-refractivity contribution in [2.45, 2.75) is 20.0 Å². The molecule has 1 aromatic carbocycles. The lowest BCUT2D eigenvalue weighted by Gasteiger charge is -2.11. The molecule has 1 rings (SSSR count). The minimum absolute atomic E-state index is 0.0178. The molecule has 0 saturated heterocycles. The van der Waals surface area contributed by atoms with Crippen molar-refractivity contribution in [1.29, 1.82) is 0 Å². The zero-order valence-electron chi connectivity index (χ0n) is 11.8. The third kappa shape index (κ3) is 6.74. The summed E-state index contributed by atoms with van der Waals surface area (Å²) >= 11 is 0. The van der Waals surface area contributed by atoms with E-state index in [1.165, 1.54) is 0 Å². The Kier molecular flexibility index (Phi) is 6.77. The normalized spacial score (nSPS) is 11.6. The van der Waals surface area contributed by atoms with E-state index >= 15 is 0 Å². The summed E-state index contributed by atoms with van der Waals surface area (Å²) in [6, 6.07) is 6.68. The van der Waals surface area contributed by atoms with E-state index in [-0.39, 0.29) is 18.5 Å². The van der Waals surface area contributed by atoms with Gasteiger partial charge in [0.2, 0.25) is 10.0 Å². The molecule has 7 heteroatoms. The molecule has 0 atom stereocenters. The molecular weight excluding hydrogens is 280 g/mol. The average molecular weight is 302 g/mol. The van der Waals surface area contributed by atoms with Gasteiger partial charge in [-0.2, -0.15) is 0 Å². The highest BCUT2D eigenvalue weighted by atomic mass is 32.2. The van der Waals surface area contributed by atoms with Crippen molar-refractivity contribution in [3.05, 3.63) is 24.3 Å². The van der Waals surface area contributed by atoms with E-state index in [0.29, 0.717) is 24.6 Å². The molecule has 6 nitrogen and oxygen atoms in total. The van der Waals surface area contributed by atoms with E-state index in [9.17, 15) is 8.42 Å². The second-order valence-electron chi connectivity index (χ2n) is 4.50. The van der Waals surface area contributed by atoms with Gasteiger partial charge in [0.05, 0.1) is 18.5 Å². The van der Waals surface area contributed by atoms with Gasteiger partial charge in [-0.05, 0) is 38.1 Å². The summed E-state index contributed by atoms with van der Waals surface area (Å²) in [7, 11) is -3.40. The summed E-state index contributed by atoms with van der Waals surface area (Å²) in [6.07, 6.45) is 0.0178. The molecule has 0 saturated carbocycles. The molecule has 0 amide bonds. The van der Waals surface area contributed by atoms with Crippen molar-refractivity contribution >= 4 is 15.7 Å². The second-order valence-corrected chi connectivity index (χ2v) is 6.34. The van der Waals surface area contributed by atoms with E-state index in [1.807, 2.05) is 13.8 Å².